The third-order valence-electron chi connectivity index (χ3n) is 2.57. The van der Waals surface area contributed by atoms with Crippen molar-refractivity contribution in [3.8, 4) is 11.5 Å². The quantitative estimate of drug-likeness (QED) is 0.502. The number of phenolic OH excluding ortho intramolecular Hbond substituents is 1. The average molecular weight is 380 g/mol. The zero-order chi connectivity index (χ0) is 14.4. The Morgan fingerprint density at radius 2 is 1.75 bits per heavy atom. The molecular weight excluding hydrogens is 367 g/mol. The molecule has 0 aromatic heterocycles. The van der Waals surface area contributed by atoms with Crippen molar-refractivity contribution in [3.05, 3.63) is 57.2 Å². The zero-order valence-electron chi connectivity index (χ0n) is 10.8. The summed E-state index contributed by atoms with van der Waals surface area (Å²) in [7, 11) is 1.57. The highest BCUT2D eigenvalue weighted by molar-refractivity contribution is 14.1. The molecule has 2 rings (SSSR count). The Morgan fingerprint density at radius 3 is 2.45 bits per heavy atom. The molecule has 0 bridgehead atoms. The Bertz CT molecular complexity index is 637. The van der Waals surface area contributed by atoms with Gasteiger partial charge in [0.15, 0.2) is 0 Å². The van der Waals surface area contributed by atoms with Crippen molar-refractivity contribution < 1.29 is 9.84 Å². The van der Waals surface area contributed by atoms with E-state index in [1.54, 1.807) is 31.5 Å². The average Bonchev–Trinajstić information content (AvgIpc) is 2.47. The van der Waals surface area contributed by atoms with E-state index in [1.165, 1.54) is 9.78 Å². The van der Waals surface area contributed by atoms with E-state index in [-0.39, 0.29) is 5.75 Å². The molecule has 0 aliphatic carbocycles. The van der Waals surface area contributed by atoms with Gasteiger partial charge in [-0.15, -0.1) is 0 Å². The van der Waals surface area contributed by atoms with Crippen LogP contribution in [0.2, 0.25) is 0 Å². The van der Waals surface area contributed by atoms with Crippen molar-refractivity contribution in [3.63, 3.8) is 0 Å². The molecule has 0 unspecified atom stereocenters. The molecule has 5 heteroatoms. The fourth-order valence-electron chi connectivity index (χ4n) is 1.51. The van der Waals surface area contributed by atoms with Gasteiger partial charge >= 0.3 is 0 Å². The lowest BCUT2D eigenvalue weighted by Crippen LogP contribution is -1.87. The first-order valence-corrected chi connectivity index (χ1v) is 6.96. The highest BCUT2D eigenvalue weighted by atomic mass is 127. The van der Waals surface area contributed by atoms with Crippen LogP contribution >= 0.6 is 22.6 Å². The van der Waals surface area contributed by atoms with Gasteiger partial charge in [-0.05, 0) is 58.5 Å². The van der Waals surface area contributed by atoms with Crippen LogP contribution in [-0.4, -0.2) is 24.6 Å². The summed E-state index contributed by atoms with van der Waals surface area (Å²) in [6, 6.07) is 12.9. The van der Waals surface area contributed by atoms with Gasteiger partial charge in [0.2, 0.25) is 0 Å². The second-order valence-electron chi connectivity index (χ2n) is 3.97. The van der Waals surface area contributed by atoms with Crippen LogP contribution < -0.4 is 4.74 Å². The number of hydrogen-bond acceptors (Lipinski definition) is 4. The SMILES string of the molecule is COc1ccc(O)c(/C=N/N=C/c2ccc(I)cc2)c1. The topological polar surface area (TPSA) is 54.2 Å². The van der Waals surface area contributed by atoms with Gasteiger partial charge in [-0.1, -0.05) is 12.1 Å². The lowest BCUT2D eigenvalue weighted by atomic mass is 10.2. The minimum atomic E-state index is 0.138. The Balaban J connectivity index is 2.08. The van der Waals surface area contributed by atoms with E-state index in [2.05, 4.69) is 32.8 Å². The maximum absolute atomic E-state index is 9.68. The van der Waals surface area contributed by atoms with Crippen LogP contribution in [0.15, 0.2) is 52.7 Å². The summed E-state index contributed by atoms with van der Waals surface area (Å²) in [5.74, 6) is 0.796. The van der Waals surface area contributed by atoms with Crippen molar-refractivity contribution in [1.82, 2.24) is 0 Å². The van der Waals surface area contributed by atoms with Crippen LogP contribution in [0.25, 0.3) is 0 Å². The second kappa shape index (κ2) is 7.04. The molecule has 0 saturated carbocycles. The van der Waals surface area contributed by atoms with Crippen molar-refractivity contribution in [2.45, 2.75) is 0 Å². The molecule has 0 fully saturated rings. The van der Waals surface area contributed by atoms with Crippen molar-refractivity contribution >= 4 is 35.0 Å². The lowest BCUT2D eigenvalue weighted by Gasteiger charge is -2.01. The van der Waals surface area contributed by atoms with Gasteiger partial charge in [0.25, 0.3) is 0 Å². The molecule has 0 radical (unpaired) electrons. The van der Waals surface area contributed by atoms with E-state index in [9.17, 15) is 5.11 Å². The van der Waals surface area contributed by atoms with Gasteiger partial charge in [0.05, 0.1) is 19.5 Å². The summed E-state index contributed by atoms with van der Waals surface area (Å²) in [6.07, 6.45) is 3.14. The molecule has 2 aromatic rings. The smallest absolute Gasteiger partial charge is 0.124 e. The number of ether oxygens (including phenoxy) is 1. The van der Waals surface area contributed by atoms with Gasteiger partial charge < -0.3 is 9.84 Å². The van der Waals surface area contributed by atoms with Crippen LogP contribution in [-0.2, 0) is 0 Å². The number of nitrogens with zero attached hydrogens (tertiary/aromatic N) is 2. The van der Waals surface area contributed by atoms with Gasteiger partial charge in [-0.25, -0.2) is 0 Å². The largest absolute Gasteiger partial charge is 0.507 e. The molecule has 0 aliphatic rings. The van der Waals surface area contributed by atoms with Gasteiger partial charge in [0, 0.05) is 9.13 Å². The van der Waals surface area contributed by atoms with E-state index in [4.69, 9.17) is 4.74 Å². The maximum atomic E-state index is 9.68. The van der Waals surface area contributed by atoms with Crippen LogP contribution in [0.4, 0.5) is 0 Å². The Labute approximate surface area is 131 Å². The van der Waals surface area contributed by atoms with Gasteiger partial charge in [-0.2, -0.15) is 10.2 Å². The molecule has 0 saturated heterocycles. The van der Waals surface area contributed by atoms with E-state index in [0.29, 0.717) is 11.3 Å². The van der Waals surface area contributed by atoms with Gasteiger partial charge in [0.1, 0.15) is 11.5 Å². The summed E-state index contributed by atoms with van der Waals surface area (Å²) in [4.78, 5) is 0. The van der Waals surface area contributed by atoms with Crippen LogP contribution in [0.1, 0.15) is 11.1 Å². The van der Waals surface area contributed by atoms with Crippen LogP contribution in [0.5, 0.6) is 11.5 Å². The highest BCUT2D eigenvalue weighted by Gasteiger charge is 1.99. The first-order valence-electron chi connectivity index (χ1n) is 5.88. The second-order valence-corrected chi connectivity index (χ2v) is 5.21. The number of methoxy groups -OCH3 is 1. The number of aromatic hydroxyl groups is 1. The molecule has 0 heterocycles. The molecule has 0 aliphatic heterocycles. The fraction of sp³-hybridized carbons (Fsp3) is 0.0667. The number of benzene rings is 2. The molecule has 0 spiro atoms. The third-order valence-corrected chi connectivity index (χ3v) is 3.29. The van der Waals surface area contributed by atoms with Crippen molar-refractivity contribution in [2.24, 2.45) is 10.2 Å². The normalized spacial score (nSPS) is 11.3. The van der Waals surface area contributed by atoms with E-state index < -0.39 is 0 Å². The summed E-state index contributed by atoms with van der Waals surface area (Å²) in [5.41, 5.74) is 1.53. The predicted molar refractivity (Wildman–Crippen MR) is 89.0 cm³/mol. The number of halogens is 1. The third kappa shape index (κ3) is 4.06. The fourth-order valence-corrected chi connectivity index (χ4v) is 1.87. The summed E-state index contributed by atoms with van der Waals surface area (Å²) < 4.78 is 6.26. The minimum absolute atomic E-state index is 0.138. The summed E-state index contributed by atoms with van der Waals surface area (Å²) >= 11 is 2.25. The minimum Gasteiger partial charge on any atom is -0.507 e. The van der Waals surface area contributed by atoms with Crippen LogP contribution in [0.3, 0.4) is 0 Å². The maximum Gasteiger partial charge on any atom is 0.124 e. The monoisotopic (exact) mass is 380 g/mol. The van der Waals surface area contributed by atoms with Crippen molar-refractivity contribution in [1.29, 1.82) is 0 Å². The lowest BCUT2D eigenvalue weighted by molar-refractivity contribution is 0.412. The molecule has 4 nitrogen and oxygen atoms in total. The molecule has 2 aromatic carbocycles. The molecule has 0 amide bonds. The zero-order valence-corrected chi connectivity index (χ0v) is 13.0. The number of hydrogen-bond donors (Lipinski definition) is 1. The number of rotatable bonds is 4. The first-order chi connectivity index (χ1) is 9.69. The standard InChI is InChI=1S/C15H13IN2O2/c1-20-14-6-7-15(19)12(8-14)10-18-17-9-11-2-4-13(16)5-3-11/h2-10,19H,1H3/b17-9+,18-10+. The van der Waals surface area contributed by atoms with E-state index >= 15 is 0 Å². The van der Waals surface area contributed by atoms with E-state index in [0.717, 1.165) is 5.56 Å². The Morgan fingerprint density at radius 1 is 1.05 bits per heavy atom. The van der Waals surface area contributed by atoms with Gasteiger partial charge in [-0.3, -0.25) is 0 Å². The Hall–Kier alpha value is -1.89. The predicted octanol–water partition coefficient (Wildman–Crippen LogP) is 3.46. The molecular formula is C15H13IN2O2. The molecule has 0 atom stereocenters. The summed E-state index contributed by atoms with van der Waals surface area (Å²) in [5, 5.41) is 17.6. The number of phenols is 1. The summed E-state index contributed by atoms with van der Waals surface area (Å²) in [6.45, 7) is 0. The Kier molecular flexibility index (Phi) is 5.11. The van der Waals surface area contributed by atoms with E-state index in [1.807, 2.05) is 24.3 Å². The first kappa shape index (κ1) is 14.5. The van der Waals surface area contributed by atoms with Crippen LogP contribution in [0, 0.1) is 3.57 Å². The van der Waals surface area contributed by atoms with Crippen molar-refractivity contribution in [2.75, 3.05) is 7.11 Å². The molecule has 1 N–H and O–H groups in total. The molecule has 102 valence electrons. The highest BCUT2D eigenvalue weighted by Crippen LogP contribution is 2.21. The molecule has 20 heavy (non-hydrogen) atoms.